The third-order valence-corrected chi connectivity index (χ3v) is 7.05. The summed E-state index contributed by atoms with van der Waals surface area (Å²) in [6, 6.07) is 5.31. The highest BCUT2D eigenvalue weighted by Gasteiger charge is 2.25. The Morgan fingerprint density at radius 3 is 2.82 bits per heavy atom. The number of ketones is 1. The van der Waals surface area contributed by atoms with Crippen molar-refractivity contribution in [3.63, 3.8) is 0 Å². The van der Waals surface area contributed by atoms with Gasteiger partial charge in [-0.2, -0.15) is 0 Å². The van der Waals surface area contributed by atoms with Crippen LogP contribution in [0.4, 0.5) is 10.2 Å². The lowest BCUT2D eigenvalue weighted by molar-refractivity contribution is -0.122. The van der Waals surface area contributed by atoms with Crippen molar-refractivity contribution >= 4 is 23.2 Å². The number of hydrogen-bond donors (Lipinski definition) is 2. The zero-order chi connectivity index (χ0) is 23.2. The Balaban J connectivity index is 1.45. The van der Waals surface area contributed by atoms with Gasteiger partial charge in [0.1, 0.15) is 5.78 Å². The van der Waals surface area contributed by atoms with Crippen molar-refractivity contribution in [2.45, 2.75) is 51.5 Å². The molecule has 0 unspecified atom stereocenters. The highest BCUT2D eigenvalue weighted by molar-refractivity contribution is 6.33. The summed E-state index contributed by atoms with van der Waals surface area (Å²) in [5.41, 5.74) is 1.85. The number of nitrogens with zero attached hydrogens (tertiary/aromatic N) is 2. The molecule has 2 saturated heterocycles. The molecule has 0 aliphatic carbocycles. The van der Waals surface area contributed by atoms with Crippen molar-refractivity contribution in [1.82, 2.24) is 15.3 Å². The van der Waals surface area contributed by atoms with E-state index < -0.39 is 5.82 Å². The Hall–Kier alpha value is -2.09. The first-order valence-electron chi connectivity index (χ1n) is 11.9. The summed E-state index contributed by atoms with van der Waals surface area (Å²) >= 11 is 6.41. The van der Waals surface area contributed by atoms with Gasteiger partial charge in [-0.3, -0.25) is 9.78 Å². The maximum absolute atomic E-state index is 14.4. The molecule has 0 spiro atoms. The molecule has 0 aromatic carbocycles. The minimum absolute atomic E-state index is 0.0127. The first-order valence-corrected chi connectivity index (χ1v) is 12.3. The van der Waals surface area contributed by atoms with Gasteiger partial charge < -0.3 is 15.4 Å². The third kappa shape index (κ3) is 6.28. The number of carbonyl (C=O) groups excluding carboxylic acids is 1. The Bertz CT molecular complexity index is 959. The molecule has 0 radical (unpaired) electrons. The number of piperidine rings is 1. The molecule has 2 aliphatic heterocycles. The summed E-state index contributed by atoms with van der Waals surface area (Å²) in [6.07, 6.45) is 6.73. The van der Waals surface area contributed by atoms with Crippen molar-refractivity contribution < 1.29 is 13.9 Å². The van der Waals surface area contributed by atoms with E-state index in [1.165, 1.54) is 6.07 Å². The second-order valence-corrected chi connectivity index (χ2v) is 9.46. The van der Waals surface area contributed by atoms with Crippen LogP contribution in [0.15, 0.2) is 24.4 Å². The molecule has 4 heterocycles. The van der Waals surface area contributed by atoms with Gasteiger partial charge in [0, 0.05) is 62.1 Å². The van der Waals surface area contributed by atoms with Gasteiger partial charge in [0.15, 0.2) is 11.6 Å². The van der Waals surface area contributed by atoms with Crippen LogP contribution in [0.5, 0.6) is 0 Å². The van der Waals surface area contributed by atoms with Crippen LogP contribution in [-0.2, 0) is 16.0 Å². The molecule has 33 heavy (non-hydrogen) atoms. The second-order valence-electron chi connectivity index (χ2n) is 9.05. The number of ether oxygens (including phenoxy) is 1. The quantitative estimate of drug-likeness (QED) is 0.579. The summed E-state index contributed by atoms with van der Waals surface area (Å²) in [5, 5.41) is 7.03. The fraction of sp³-hybridized carbons (Fsp3) is 0.560. The monoisotopic (exact) mass is 474 g/mol. The predicted octanol–water partition coefficient (Wildman–Crippen LogP) is 4.66. The van der Waals surface area contributed by atoms with E-state index in [0.717, 1.165) is 51.9 Å². The molecule has 2 atom stereocenters. The van der Waals surface area contributed by atoms with E-state index in [2.05, 4.69) is 27.5 Å². The topological polar surface area (TPSA) is 76.1 Å². The van der Waals surface area contributed by atoms with Gasteiger partial charge in [0.25, 0.3) is 0 Å². The van der Waals surface area contributed by atoms with Crippen LogP contribution in [0, 0.1) is 17.7 Å². The van der Waals surface area contributed by atoms with E-state index in [0.29, 0.717) is 40.5 Å². The number of carbonyl (C=O) groups is 1. The van der Waals surface area contributed by atoms with Gasteiger partial charge in [-0.25, -0.2) is 9.37 Å². The normalized spacial score (nSPS) is 21.7. The molecular weight excluding hydrogens is 443 g/mol. The third-order valence-electron chi connectivity index (χ3n) is 6.75. The molecule has 2 aliphatic rings. The summed E-state index contributed by atoms with van der Waals surface area (Å²) in [6.45, 7) is 5.02. The standard InChI is InChI=1S/C25H32ClFN4O2/c1-2-18-4-3-17(14-28-18)24(32)12-19-11-20(21(26)15-29-19)23-6-5-22(27)25(31-23)30-13-16-7-9-33-10-8-16/h5-6,11,15-18,28H,2-4,7-10,12-14H2,1H3,(H,30,31)/t17-,18+/m1/s1. The fourth-order valence-electron chi connectivity index (χ4n) is 4.54. The van der Waals surface area contributed by atoms with Gasteiger partial charge in [-0.15, -0.1) is 0 Å². The van der Waals surface area contributed by atoms with Crippen LogP contribution in [0.25, 0.3) is 11.3 Å². The van der Waals surface area contributed by atoms with Crippen molar-refractivity contribution in [1.29, 1.82) is 0 Å². The number of anilines is 1. The fourth-order valence-corrected chi connectivity index (χ4v) is 4.74. The SMILES string of the molecule is CC[C@H]1CC[C@@H](C(=O)Cc2cc(-c3ccc(F)c(NCC4CCOCC4)n3)c(Cl)cn2)CN1. The van der Waals surface area contributed by atoms with Crippen molar-refractivity contribution in [2.75, 3.05) is 31.6 Å². The summed E-state index contributed by atoms with van der Waals surface area (Å²) in [5.74, 6) is 0.444. The molecule has 6 nitrogen and oxygen atoms in total. The van der Waals surface area contributed by atoms with Gasteiger partial charge in [-0.05, 0) is 56.2 Å². The van der Waals surface area contributed by atoms with Crippen LogP contribution in [0.2, 0.25) is 5.02 Å². The summed E-state index contributed by atoms with van der Waals surface area (Å²) in [7, 11) is 0. The zero-order valence-electron chi connectivity index (χ0n) is 19.1. The molecule has 0 bridgehead atoms. The van der Waals surface area contributed by atoms with E-state index in [4.69, 9.17) is 16.3 Å². The van der Waals surface area contributed by atoms with E-state index in [1.807, 2.05) is 0 Å². The highest BCUT2D eigenvalue weighted by Crippen LogP contribution is 2.29. The van der Waals surface area contributed by atoms with Crippen molar-refractivity contribution in [3.05, 3.63) is 40.9 Å². The van der Waals surface area contributed by atoms with E-state index in [-0.39, 0.29) is 23.9 Å². The van der Waals surface area contributed by atoms with Crippen molar-refractivity contribution in [3.8, 4) is 11.3 Å². The lowest BCUT2D eigenvalue weighted by Gasteiger charge is -2.28. The molecule has 2 aromatic heterocycles. The van der Waals surface area contributed by atoms with Crippen molar-refractivity contribution in [2.24, 2.45) is 11.8 Å². The average molecular weight is 475 g/mol. The van der Waals surface area contributed by atoms with Gasteiger partial charge >= 0.3 is 0 Å². The summed E-state index contributed by atoms with van der Waals surface area (Å²) in [4.78, 5) is 21.7. The van der Waals surface area contributed by atoms with Crippen LogP contribution in [0.1, 0.15) is 44.7 Å². The molecule has 2 fully saturated rings. The number of aromatic nitrogens is 2. The number of pyridine rings is 2. The molecule has 0 saturated carbocycles. The molecular formula is C25H32ClFN4O2. The minimum Gasteiger partial charge on any atom is -0.381 e. The van der Waals surface area contributed by atoms with E-state index in [9.17, 15) is 9.18 Å². The van der Waals surface area contributed by atoms with Gasteiger partial charge in [-0.1, -0.05) is 18.5 Å². The minimum atomic E-state index is -0.401. The second kappa shape index (κ2) is 11.4. The maximum Gasteiger partial charge on any atom is 0.165 e. The Kier molecular flexibility index (Phi) is 8.28. The van der Waals surface area contributed by atoms with Crippen LogP contribution in [0.3, 0.4) is 0 Å². The Morgan fingerprint density at radius 2 is 2.09 bits per heavy atom. The molecule has 0 amide bonds. The average Bonchev–Trinajstić information content (AvgIpc) is 2.85. The first-order chi connectivity index (χ1) is 16.0. The molecule has 178 valence electrons. The maximum atomic E-state index is 14.4. The molecule has 8 heteroatoms. The zero-order valence-corrected chi connectivity index (χ0v) is 19.8. The lowest BCUT2D eigenvalue weighted by atomic mass is 9.88. The summed E-state index contributed by atoms with van der Waals surface area (Å²) < 4.78 is 19.8. The Morgan fingerprint density at radius 1 is 1.27 bits per heavy atom. The molecule has 2 aromatic rings. The number of halogens is 2. The van der Waals surface area contributed by atoms with E-state index in [1.54, 1.807) is 18.3 Å². The number of rotatable bonds is 8. The largest absolute Gasteiger partial charge is 0.381 e. The number of nitrogens with one attached hydrogen (secondary N) is 2. The smallest absolute Gasteiger partial charge is 0.165 e. The number of Topliss-reactive ketones (excluding diaryl/α,β-unsaturated/α-hetero) is 1. The number of hydrogen-bond acceptors (Lipinski definition) is 6. The predicted molar refractivity (Wildman–Crippen MR) is 128 cm³/mol. The Labute approximate surface area is 199 Å². The molecule has 2 N–H and O–H groups in total. The van der Waals surface area contributed by atoms with Gasteiger partial charge in [0.05, 0.1) is 10.7 Å². The van der Waals surface area contributed by atoms with Crippen LogP contribution < -0.4 is 10.6 Å². The molecule has 4 rings (SSSR count). The van der Waals surface area contributed by atoms with E-state index >= 15 is 0 Å². The highest BCUT2D eigenvalue weighted by atomic mass is 35.5. The lowest BCUT2D eigenvalue weighted by Crippen LogP contribution is -2.41. The van der Waals surface area contributed by atoms with Crippen LogP contribution in [-0.4, -0.2) is 48.1 Å². The van der Waals surface area contributed by atoms with Crippen LogP contribution >= 0.6 is 11.6 Å². The van der Waals surface area contributed by atoms with Gasteiger partial charge in [0.2, 0.25) is 0 Å². The first kappa shape index (κ1) is 24.0.